The van der Waals surface area contributed by atoms with Crippen LogP contribution in [0, 0.1) is 0 Å². The van der Waals surface area contributed by atoms with Crippen molar-refractivity contribution < 1.29 is 30.7 Å². The molecule has 0 saturated carbocycles. The first-order chi connectivity index (χ1) is 20.3. The lowest BCUT2D eigenvalue weighted by Gasteiger charge is -2.28. The molecule has 2 aliphatic rings. The minimum absolute atomic E-state index is 0.137. The van der Waals surface area contributed by atoms with Gasteiger partial charge in [-0.25, -0.2) is 0 Å². The summed E-state index contributed by atoms with van der Waals surface area (Å²) in [6.07, 6.45) is 1.50. The Morgan fingerprint density at radius 1 is 0.791 bits per heavy atom. The summed E-state index contributed by atoms with van der Waals surface area (Å²) in [6.45, 7) is 3.00. The Morgan fingerprint density at radius 2 is 1.40 bits per heavy atom. The van der Waals surface area contributed by atoms with Crippen molar-refractivity contribution in [1.29, 1.82) is 0 Å². The highest BCUT2D eigenvalue weighted by Gasteiger charge is 2.36. The van der Waals surface area contributed by atoms with Gasteiger partial charge < -0.3 is 19.4 Å². The summed E-state index contributed by atoms with van der Waals surface area (Å²) in [5, 5.41) is 0.699. The molecule has 3 aromatic carbocycles. The third-order valence-electron chi connectivity index (χ3n) is 7.28. The van der Waals surface area contributed by atoms with Gasteiger partial charge in [0, 0.05) is 25.7 Å². The maximum absolute atomic E-state index is 11.5. The molecular weight excluding hydrogens is 637 g/mol. The van der Waals surface area contributed by atoms with E-state index in [1.165, 1.54) is 0 Å². The van der Waals surface area contributed by atoms with Crippen LogP contribution < -0.4 is 19.4 Å². The molecule has 0 spiro atoms. The second kappa shape index (κ2) is 12.5. The van der Waals surface area contributed by atoms with Crippen LogP contribution in [-0.2, 0) is 20.2 Å². The van der Waals surface area contributed by atoms with Crippen LogP contribution >= 0.6 is 23.2 Å². The normalized spacial score (nSPS) is 17.4. The van der Waals surface area contributed by atoms with Gasteiger partial charge in [-0.05, 0) is 55.2 Å². The molecule has 0 aromatic heterocycles. The number of anilines is 3. The summed E-state index contributed by atoms with van der Waals surface area (Å²) in [5.74, 6) is 0.462. The van der Waals surface area contributed by atoms with Crippen LogP contribution in [0.25, 0.3) is 11.1 Å². The number of hydrogen-bond donors (Lipinski definition) is 2. The zero-order valence-corrected chi connectivity index (χ0v) is 26.4. The maximum Gasteiger partial charge on any atom is 0.264 e. The highest BCUT2D eigenvalue weighted by Crippen LogP contribution is 2.47. The van der Waals surface area contributed by atoms with Gasteiger partial charge in [0.15, 0.2) is 6.23 Å². The molecule has 2 heterocycles. The molecule has 0 amide bonds. The van der Waals surface area contributed by atoms with Crippen molar-refractivity contribution in [3.8, 4) is 16.9 Å². The summed E-state index contributed by atoms with van der Waals surface area (Å²) in [7, 11) is -8.34. The molecule has 230 valence electrons. The van der Waals surface area contributed by atoms with E-state index in [2.05, 4.69) is 0 Å². The molecule has 0 radical (unpaired) electrons. The van der Waals surface area contributed by atoms with Crippen LogP contribution in [-0.4, -0.2) is 63.3 Å². The minimum Gasteiger partial charge on any atom is -0.465 e. The second-order valence-corrected chi connectivity index (χ2v) is 14.2. The highest BCUT2D eigenvalue weighted by atomic mass is 35.5. The van der Waals surface area contributed by atoms with E-state index in [4.69, 9.17) is 27.9 Å². The molecule has 2 aliphatic heterocycles. The van der Waals surface area contributed by atoms with Crippen molar-refractivity contribution in [2.45, 2.75) is 26.0 Å². The fraction of sp³-hybridized carbons (Fsp3) is 0.310. The highest BCUT2D eigenvalue weighted by molar-refractivity contribution is 7.86. The first kappa shape index (κ1) is 31.4. The van der Waals surface area contributed by atoms with Gasteiger partial charge in [0.05, 0.1) is 38.6 Å². The monoisotopic (exact) mass is 667 g/mol. The smallest absolute Gasteiger partial charge is 0.264 e. The van der Waals surface area contributed by atoms with Crippen LogP contribution in [0.5, 0.6) is 5.75 Å². The van der Waals surface area contributed by atoms with E-state index in [0.29, 0.717) is 28.2 Å². The molecule has 14 heteroatoms. The first-order valence-corrected chi connectivity index (χ1v) is 17.6. The summed E-state index contributed by atoms with van der Waals surface area (Å²) >= 11 is 12.8. The summed E-state index contributed by atoms with van der Waals surface area (Å²) in [4.78, 5) is 5.85. The largest absolute Gasteiger partial charge is 0.465 e. The maximum atomic E-state index is 11.5. The zero-order chi connectivity index (χ0) is 30.9. The van der Waals surface area contributed by atoms with Gasteiger partial charge in [0.1, 0.15) is 11.6 Å². The number of halogens is 2. The first-order valence-electron chi connectivity index (χ1n) is 13.6. The van der Waals surface area contributed by atoms with Gasteiger partial charge in [-0.2, -0.15) is 16.8 Å². The van der Waals surface area contributed by atoms with Gasteiger partial charge in [-0.3, -0.25) is 9.11 Å². The van der Waals surface area contributed by atoms with Crippen molar-refractivity contribution in [1.82, 2.24) is 0 Å². The molecule has 2 N–H and O–H groups in total. The average Bonchev–Trinajstić information content (AvgIpc) is 3.42. The van der Waals surface area contributed by atoms with E-state index in [-0.39, 0.29) is 25.9 Å². The van der Waals surface area contributed by atoms with Crippen molar-refractivity contribution in [3.63, 3.8) is 0 Å². The SMILES string of the molecule is CCN1/C(=C\C2Oc3ccc(-c4ccccc4)cc3N2CCCS(=O)(=O)O)N(CCCS(=O)(=O)O)c2cc(Cl)c(Cl)cc21. The van der Waals surface area contributed by atoms with E-state index >= 15 is 0 Å². The molecule has 1 atom stereocenters. The molecular formula is C29H31Cl2N3O7S2. The van der Waals surface area contributed by atoms with Gasteiger partial charge in [0.2, 0.25) is 0 Å². The lowest BCUT2D eigenvalue weighted by molar-refractivity contribution is 0.271. The molecule has 0 bridgehead atoms. The Hall–Kier alpha value is -3.00. The molecule has 0 saturated heterocycles. The van der Waals surface area contributed by atoms with Crippen LogP contribution in [0.15, 0.2) is 72.6 Å². The second-order valence-electron chi connectivity index (χ2n) is 10.2. The van der Waals surface area contributed by atoms with Gasteiger partial charge in [-0.1, -0.05) is 59.6 Å². The molecule has 0 fully saturated rings. The van der Waals surface area contributed by atoms with Crippen molar-refractivity contribution in [2.24, 2.45) is 0 Å². The number of fused-ring (bicyclic) bond motifs is 2. The van der Waals surface area contributed by atoms with Gasteiger partial charge in [-0.15, -0.1) is 0 Å². The average molecular weight is 669 g/mol. The predicted molar refractivity (Wildman–Crippen MR) is 171 cm³/mol. The standard InChI is InChI=1S/C29H31Cl2N3O7S2/c1-2-32-24-17-22(30)23(31)18-25(24)33(12-6-14-42(35,36)37)28(32)19-29-34(13-7-15-43(38,39)40)26-16-21(10-11-27(26)41-29)20-8-4-3-5-9-20/h3-5,8-11,16-19,29H,2,6-7,12-15H2,1H3,(H,35,36,37)(H,38,39,40)/b28-19+. The number of rotatable bonds is 11. The quantitative estimate of drug-likeness (QED) is 0.238. The molecule has 3 aromatic rings. The minimum atomic E-state index is -4.17. The molecule has 0 aliphatic carbocycles. The summed E-state index contributed by atoms with van der Waals surface area (Å²) < 4.78 is 71.1. The topological polar surface area (TPSA) is 128 Å². The van der Waals surface area contributed by atoms with Crippen LogP contribution in [0.4, 0.5) is 17.1 Å². The van der Waals surface area contributed by atoms with E-state index in [1.54, 1.807) is 12.1 Å². The van der Waals surface area contributed by atoms with E-state index in [9.17, 15) is 25.9 Å². The fourth-order valence-corrected chi connectivity index (χ4v) is 6.71. The Labute approximate surface area is 261 Å². The molecule has 43 heavy (non-hydrogen) atoms. The number of benzene rings is 3. The van der Waals surface area contributed by atoms with Crippen LogP contribution in [0.3, 0.4) is 0 Å². The molecule has 1 unspecified atom stereocenters. The Kier molecular flexibility index (Phi) is 9.17. The van der Waals surface area contributed by atoms with E-state index < -0.39 is 38.0 Å². The summed E-state index contributed by atoms with van der Waals surface area (Å²) in [6, 6.07) is 19.1. The van der Waals surface area contributed by atoms with E-state index in [0.717, 1.165) is 28.2 Å². The lowest BCUT2D eigenvalue weighted by Crippen LogP contribution is -2.38. The van der Waals surface area contributed by atoms with E-state index in [1.807, 2.05) is 76.2 Å². The molecule has 5 rings (SSSR count). The number of ether oxygens (including phenoxy) is 1. The van der Waals surface area contributed by atoms with Crippen molar-refractivity contribution in [2.75, 3.05) is 45.8 Å². The lowest BCUT2D eigenvalue weighted by atomic mass is 10.0. The third kappa shape index (κ3) is 7.22. The van der Waals surface area contributed by atoms with Crippen LogP contribution in [0.1, 0.15) is 19.8 Å². The third-order valence-corrected chi connectivity index (χ3v) is 9.61. The Balaban J connectivity index is 1.55. The summed E-state index contributed by atoms with van der Waals surface area (Å²) in [5.41, 5.74) is 4.22. The number of nitrogens with zero attached hydrogens (tertiary/aromatic N) is 3. The number of hydrogen-bond acceptors (Lipinski definition) is 8. The van der Waals surface area contributed by atoms with Crippen molar-refractivity contribution >= 4 is 60.5 Å². The fourth-order valence-electron chi connectivity index (χ4n) is 5.40. The van der Waals surface area contributed by atoms with Crippen LogP contribution in [0.2, 0.25) is 10.0 Å². The van der Waals surface area contributed by atoms with Crippen molar-refractivity contribution in [3.05, 3.63) is 82.6 Å². The zero-order valence-electron chi connectivity index (χ0n) is 23.2. The van der Waals surface area contributed by atoms with Gasteiger partial charge >= 0.3 is 0 Å². The van der Waals surface area contributed by atoms with Gasteiger partial charge in [0.25, 0.3) is 20.2 Å². The molecule has 10 nitrogen and oxygen atoms in total. The predicted octanol–water partition coefficient (Wildman–Crippen LogP) is 5.93. The Bertz CT molecular complexity index is 1750. The Morgan fingerprint density at radius 3 is 2.00 bits per heavy atom.